The monoisotopic (exact) mass is 280 g/mol. The third kappa shape index (κ3) is 2.16. The molecule has 3 aromatic rings. The van der Waals surface area contributed by atoms with E-state index in [9.17, 15) is 5.11 Å². The molecule has 0 amide bonds. The van der Waals surface area contributed by atoms with E-state index < -0.39 is 0 Å². The Morgan fingerprint density at radius 3 is 2.35 bits per heavy atom. The maximum atomic E-state index is 9.44. The number of hydrogen-bond acceptors (Lipinski definition) is 2. The van der Waals surface area contributed by atoms with E-state index in [1.54, 1.807) is 23.9 Å². The summed E-state index contributed by atoms with van der Waals surface area (Å²) in [6.07, 6.45) is 2.12. The Morgan fingerprint density at radius 2 is 1.65 bits per heavy atom. The molecule has 0 heterocycles. The standard InChI is InChI=1S/C18H16OS/c1-12-17(13-7-9-15(19)10-8-13)11-14-5-3-4-6-16(14)18(12)20-2/h3-11,19H,1-2H3. The minimum absolute atomic E-state index is 0.303. The Balaban J connectivity index is 2.31. The fourth-order valence-electron chi connectivity index (χ4n) is 2.62. The molecule has 0 bridgehead atoms. The quantitative estimate of drug-likeness (QED) is 0.647. The van der Waals surface area contributed by atoms with E-state index in [0.29, 0.717) is 5.75 Å². The second-order valence-corrected chi connectivity index (χ2v) is 5.67. The van der Waals surface area contributed by atoms with Crippen molar-refractivity contribution < 1.29 is 5.11 Å². The number of rotatable bonds is 2. The van der Waals surface area contributed by atoms with Crippen LogP contribution in [0, 0.1) is 6.92 Å². The van der Waals surface area contributed by atoms with Gasteiger partial charge in [0.2, 0.25) is 0 Å². The second-order valence-electron chi connectivity index (χ2n) is 4.85. The molecule has 100 valence electrons. The van der Waals surface area contributed by atoms with Crippen LogP contribution in [0.25, 0.3) is 21.9 Å². The summed E-state index contributed by atoms with van der Waals surface area (Å²) in [5.74, 6) is 0.303. The van der Waals surface area contributed by atoms with Crippen molar-refractivity contribution in [2.24, 2.45) is 0 Å². The van der Waals surface area contributed by atoms with Gasteiger partial charge in [0.15, 0.2) is 0 Å². The zero-order valence-electron chi connectivity index (χ0n) is 11.6. The van der Waals surface area contributed by atoms with Crippen molar-refractivity contribution in [3.8, 4) is 16.9 Å². The molecule has 0 unspecified atom stereocenters. The summed E-state index contributed by atoms with van der Waals surface area (Å²) in [5.41, 5.74) is 3.66. The molecular formula is C18H16OS. The molecule has 2 heteroatoms. The van der Waals surface area contributed by atoms with E-state index >= 15 is 0 Å². The average Bonchev–Trinajstić information content (AvgIpc) is 2.48. The number of phenols is 1. The van der Waals surface area contributed by atoms with Gasteiger partial charge >= 0.3 is 0 Å². The number of fused-ring (bicyclic) bond motifs is 1. The predicted octanol–water partition coefficient (Wildman–Crippen LogP) is 5.24. The van der Waals surface area contributed by atoms with E-state index in [1.807, 2.05) is 12.1 Å². The van der Waals surface area contributed by atoms with E-state index in [-0.39, 0.29) is 0 Å². The van der Waals surface area contributed by atoms with Gasteiger partial charge in [-0.3, -0.25) is 0 Å². The summed E-state index contributed by atoms with van der Waals surface area (Å²) < 4.78 is 0. The molecule has 0 spiro atoms. The molecule has 0 saturated heterocycles. The SMILES string of the molecule is CSc1c(C)c(-c2ccc(O)cc2)cc2ccccc12. The molecule has 3 aromatic carbocycles. The third-order valence-corrected chi connectivity index (χ3v) is 4.57. The molecule has 0 radical (unpaired) electrons. The highest BCUT2D eigenvalue weighted by atomic mass is 32.2. The molecule has 0 aliphatic carbocycles. The van der Waals surface area contributed by atoms with Crippen LogP contribution < -0.4 is 0 Å². The Kier molecular flexibility index (Phi) is 3.41. The highest BCUT2D eigenvalue weighted by Crippen LogP contribution is 2.37. The lowest BCUT2D eigenvalue weighted by Gasteiger charge is -2.14. The van der Waals surface area contributed by atoms with Crippen LogP contribution in [0.1, 0.15) is 5.56 Å². The molecule has 0 atom stereocenters. The van der Waals surface area contributed by atoms with Gasteiger partial charge in [-0.15, -0.1) is 11.8 Å². The van der Waals surface area contributed by atoms with Gasteiger partial charge in [-0.05, 0) is 58.8 Å². The Labute approximate surface area is 123 Å². The number of benzene rings is 3. The lowest BCUT2D eigenvalue weighted by atomic mass is 9.96. The minimum atomic E-state index is 0.303. The Bertz CT molecular complexity index is 760. The van der Waals surface area contributed by atoms with Gasteiger partial charge in [0, 0.05) is 4.90 Å². The predicted molar refractivity (Wildman–Crippen MR) is 87.6 cm³/mol. The molecule has 0 aromatic heterocycles. The number of aromatic hydroxyl groups is 1. The van der Waals surface area contributed by atoms with Crippen molar-refractivity contribution in [2.75, 3.05) is 6.26 Å². The first-order valence-corrected chi connectivity index (χ1v) is 7.79. The van der Waals surface area contributed by atoms with Crippen molar-refractivity contribution >= 4 is 22.5 Å². The lowest BCUT2D eigenvalue weighted by molar-refractivity contribution is 0.475. The summed E-state index contributed by atoms with van der Waals surface area (Å²) in [7, 11) is 0. The first-order valence-electron chi connectivity index (χ1n) is 6.56. The minimum Gasteiger partial charge on any atom is -0.508 e. The van der Waals surface area contributed by atoms with Crippen molar-refractivity contribution in [1.82, 2.24) is 0 Å². The number of phenolic OH excluding ortho intramolecular Hbond substituents is 1. The molecule has 20 heavy (non-hydrogen) atoms. The highest BCUT2D eigenvalue weighted by molar-refractivity contribution is 7.98. The second kappa shape index (κ2) is 5.22. The van der Waals surface area contributed by atoms with Gasteiger partial charge in [0.1, 0.15) is 5.75 Å². The lowest BCUT2D eigenvalue weighted by Crippen LogP contribution is -1.89. The average molecular weight is 280 g/mol. The van der Waals surface area contributed by atoms with E-state index in [2.05, 4.69) is 43.5 Å². The normalized spacial score (nSPS) is 10.9. The van der Waals surface area contributed by atoms with Gasteiger partial charge in [-0.2, -0.15) is 0 Å². The van der Waals surface area contributed by atoms with Crippen LogP contribution in [0.3, 0.4) is 0 Å². The summed E-state index contributed by atoms with van der Waals surface area (Å²) >= 11 is 1.79. The van der Waals surface area contributed by atoms with E-state index in [0.717, 1.165) is 5.56 Å². The summed E-state index contributed by atoms with van der Waals surface area (Å²) in [5, 5.41) is 12.0. The van der Waals surface area contributed by atoms with Crippen LogP contribution in [0.2, 0.25) is 0 Å². The van der Waals surface area contributed by atoms with Gasteiger partial charge in [0.05, 0.1) is 0 Å². The fourth-order valence-corrected chi connectivity index (χ4v) is 3.44. The van der Waals surface area contributed by atoms with Crippen molar-refractivity contribution in [3.05, 3.63) is 60.2 Å². The van der Waals surface area contributed by atoms with Gasteiger partial charge < -0.3 is 5.11 Å². The summed E-state index contributed by atoms with van der Waals surface area (Å²) in [6, 6.07) is 18.1. The largest absolute Gasteiger partial charge is 0.508 e. The van der Waals surface area contributed by atoms with Crippen LogP contribution in [-0.2, 0) is 0 Å². The molecule has 1 nitrogen and oxygen atoms in total. The highest BCUT2D eigenvalue weighted by Gasteiger charge is 2.10. The molecule has 1 N–H and O–H groups in total. The van der Waals surface area contributed by atoms with Crippen molar-refractivity contribution in [1.29, 1.82) is 0 Å². The Morgan fingerprint density at radius 1 is 0.950 bits per heavy atom. The molecule has 0 aliphatic heterocycles. The zero-order chi connectivity index (χ0) is 14.1. The molecule has 0 fully saturated rings. The molecule has 3 rings (SSSR count). The number of thioether (sulfide) groups is 1. The summed E-state index contributed by atoms with van der Waals surface area (Å²) in [6.45, 7) is 2.17. The van der Waals surface area contributed by atoms with Crippen LogP contribution >= 0.6 is 11.8 Å². The zero-order valence-corrected chi connectivity index (χ0v) is 12.4. The summed E-state index contributed by atoms with van der Waals surface area (Å²) in [4.78, 5) is 1.33. The van der Waals surface area contributed by atoms with Crippen molar-refractivity contribution in [3.63, 3.8) is 0 Å². The van der Waals surface area contributed by atoms with Gasteiger partial charge in [-0.1, -0.05) is 36.4 Å². The topological polar surface area (TPSA) is 20.2 Å². The Hall–Kier alpha value is -1.93. The smallest absolute Gasteiger partial charge is 0.115 e. The first-order chi connectivity index (χ1) is 9.70. The maximum Gasteiger partial charge on any atom is 0.115 e. The van der Waals surface area contributed by atoms with Crippen LogP contribution in [0.4, 0.5) is 0 Å². The first kappa shape index (κ1) is 13.1. The van der Waals surface area contributed by atoms with Gasteiger partial charge in [-0.25, -0.2) is 0 Å². The molecule has 0 saturated carbocycles. The third-order valence-electron chi connectivity index (χ3n) is 3.63. The molecular weight excluding hydrogens is 264 g/mol. The van der Waals surface area contributed by atoms with Crippen LogP contribution in [0.5, 0.6) is 5.75 Å². The van der Waals surface area contributed by atoms with E-state index in [1.165, 1.54) is 26.8 Å². The molecule has 0 aliphatic rings. The van der Waals surface area contributed by atoms with Crippen LogP contribution in [0.15, 0.2) is 59.5 Å². The van der Waals surface area contributed by atoms with Crippen LogP contribution in [-0.4, -0.2) is 11.4 Å². The van der Waals surface area contributed by atoms with Crippen molar-refractivity contribution in [2.45, 2.75) is 11.8 Å². The maximum absolute atomic E-state index is 9.44. The number of hydrogen-bond donors (Lipinski definition) is 1. The van der Waals surface area contributed by atoms with Gasteiger partial charge in [0.25, 0.3) is 0 Å². The van der Waals surface area contributed by atoms with E-state index in [4.69, 9.17) is 0 Å². The fraction of sp³-hybridized carbons (Fsp3) is 0.111.